The van der Waals surface area contributed by atoms with Crippen molar-refractivity contribution >= 4 is 0 Å². The summed E-state index contributed by atoms with van der Waals surface area (Å²) in [5.41, 5.74) is 2.40. The molecule has 2 aromatic rings. The summed E-state index contributed by atoms with van der Waals surface area (Å²) in [5.74, 6) is 1.92. The Hall–Kier alpha value is -2.01. The Morgan fingerprint density at radius 2 is 2.38 bits per heavy atom. The SMILES string of the molecule is COc1cc(CNCCn2cccn2)c2c(c1)C[C@H](C)O2. The standard InChI is InChI=1S/C16H21N3O2/c1-12-8-13-9-15(20-2)10-14(16(13)21-12)11-17-5-7-19-6-3-4-18-19/h3-4,6,9-10,12,17H,5,7-8,11H2,1-2H3/t12-/m0/s1. The fourth-order valence-electron chi connectivity index (χ4n) is 2.68. The topological polar surface area (TPSA) is 48.3 Å². The number of ether oxygens (including phenoxy) is 2. The molecule has 3 rings (SSSR count). The Morgan fingerprint density at radius 1 is 1.48 bits per heavy atom. The average Bonchev–Trinajstić information content (AvgIpc) is 3.11. The number of nitrogens with zero attached hydrogens (tertiary/aromatic N) is 2. The lowest BCUT2D eigenvalue weighted by Crippen LogP contribution is -2.20. The van der Waals surface area contributed by atoms with Crippen molar-refractivity contribution in [2.75, 3.05) is 13.7 Å². The third-order valence-corrected chi connectivity index (χ3v) is 3.67. The van der Waals surface area contributed by atoms with Gasteiger partial charge in [0.15, 0.2) is 0 Å². The first-order valence-corrected chi connectivity index (χ1v) is 7.31. The third-order valence-electron chi connectivity index (χ3n) is 3.67. The van der Waals surface area contributed by atoms with E-state index in [0.29, 0.717) is 0 Å². The first-order valence-electron chi connectivity index (χ1n) is 7.31. The van der Waals surface area contributed by atoms with Crippen molar-refractivity contribution in [1.29, 1.82) is 0 Å². The molecule has 0 saturated carbocycles. The number of methoxy groups -OCH3 is 1. The van der Waals surface area contributed by atoms with Gasteiger partial charge in [-0.1, -0.05) is 0 Å². The largest absolute Gasteiger partial charge is 0.497 e. The molecule has 5 nitrogen and oxygen atoms in total. The number of hydrogen-bond donors (Lipinski definition) is 1. The molecule has 21 heavy (non-hydrogen) atoms. The van der Waals surface area contributed by atoms with Crippen molar-refractivity contribution in [3.63, 3.8) is 0 Å². The van der Waals surface area contributed by atoms with Gasteiger partial charge in [0.2, 0.25) is 0 Å². The molecule has 0 spiro atoms. The van der Waals surface area contributed by atoms with Crippen LogP contribution in [-0.2, 0) is 19.5 Å². The van der Waals surface area contributed by atoms with Gasteiger partial charge in [-0.25, -0.2) is 0 Å². The molecule has 2 heterocycles. The monoisotopic (exact) mass is 287 g/mol. The molecule has 1 aliphatic rings. The molecule has 0 unspecified atom stereocenters. The maximum Gasteiger partial charge on any atom is 0.127 e. The number of nitrogens with one attached hydrogen (secondary N) is 1. The quantitative estimate of drug-likeness (QED) is 0.826. The molecule has 0 saturated heterocycles. The van der Waals surface area contributed by atoms with E-state index >= 15 is 0 Å². The summed E-state index contributed by atoms with van der Waals surface area (Å²) < 4.78 is 13.2. The van der Waals surface area contributed by atoms with E-state index in [2.05, 4.69) is 29.5 Å². The van der Waals surface area contributed by atoms with Gasteiger partial charge in [-0.05, 0) is 25.1 Å². The van der Waals surface area contributed by atoms with Crippen LogP contribution in [0.25, 0.3) is 0 Å². The van der Waals surface area contributed by atoms with E-state index in [1.807, 2.05) is 16.9 Å². The van der Waals surface area contributed by atoms with Crippen LogP contribution in [0.3, 0.4) is 0 Å². The lowest BCUT2D eigenvalue weighted by atomic mass is 10.1. The van der Waals surface area contributed by atoms with E-state index in [1.165, 1.54) is 5.56 Å². The van der Waals surface area contributed by atoms with Crippen LogP contribution in [0.4, 0.5) is 0 Å². The van der Waals surface area contributed by atoms with E-state index in [-0.39, 0.29) is 6.10 Å². The van der Waals surface area contributed by atoms with Crippen LogP contribution in [0.5, 0.6) is 11.5 Å². The molecule has 0 amide bonds. The van der Waals surface area contributed by atoms with Gasteiger partial charge in [-0.15, -0.1) is 0 Å². The first kappa shape index (κ1) is 13.9. The van der Waals surface area contributed by atoms with Crippen LogP contribution in [0.15, 0.2) is 30.6 Å². The molecule has 0 radical (unpaired) electrons. The van der Waals surface area contributed by atoms with Gasteiger partial charge in [-0.3, -0.25) is 4.68 Å². The van der Waals surface area contributed by atoms with E-state index in [0.717, 1.165) is 43.1 Å². The molecule has 1 N–H and O–H groups in total. The van der Waals surface area contributed by atoms with Crippen molar-refractivity contribution in [3.8, 4) is 11.5 Å². The lowest BCUT2D eigenvalue weighted by molar-refractivity contribution is 0.252. The highest BCUT2D eigenvalue weighted by Gasteiger charge is 2.23. The van der Waals surface area contributed by atoms with E-state index in [4.69, 9.17) is 9.47 Å². The van der Waals surface area contributed by atoms with Crippen LogP contribution >= 0.6 is 0 Å². The summed E-state index contributed by atoms with van der Waals surface area (Å²) in [5, 5.41) is 7.63. The average molecular weight is 287 g/mol. The van der Waals surface area contributed by atoms with Crippen LogP contribution < -0.4 is 14.8 Å². The maximum absolute atomic E-state index is 5.93. The molecule has 1 atom stereocenters. The lowest BCUT2D eigenvalue weighted by Gasteiger charge is -2.12. The van der Waals surface area contributed by atoms with Gasteiger partial charge in [-0.2, -0.15) is 5.10 Å². The number of aromatic nitrogens is 2. The van der Waals surface area contributed by atoms with Crippen molar-refractivity contribution in [2.45, 2.75) is 32.5 Å². The first-order chi connectivity index (χ1) is 10.3. The minimum Gasteiger partial charge on any atom is -0.497 e. The summed E-state index contributed by atoms with van der Waals surface area (Å²) in [7, 11) is 1.70. The van der Waals surface area contributed by atoms with Gasteiger partial charge in [0.1, 0.15) is 17.6 Å². The second-order valence-corrected chi connectivity index (χ2v) is 5.35. The third kappa shape index (κ3) is 3.19. The Balaban J connectivity index is 1.63. The summed E-state index contributed by atoms with van der Waals surface area (Å²) >= 11 is 0. The predicted octanol–water partition coefficient (Wildman–Crippen LogP) is 2.00. The second-order valence-electron chi connectivity index (χ2n) is 5.35. The summed E-state index contributed by atoms with van der Waals surface area (Å²) in [6.07, 6.45) is 4.96. The summed E-state index contributed by atoms with van der Waals surface area (Å²) in [6.45, 7) is 4.59. The van der Waals surface area contributed by atoms with Crippen molar-refractivity contribution in [3.05, 3.63) is 41.7 Å². The molecule has 0 bridgehead atoms. The van der Waals surface area contributed by atoms with Crippen molar-refractivity contribution in [2.24, 2.45) is 0 Å². The minimum atomic E-state index is 0.245. The molecule has 1 aromatic carbocycles. The molecular weight excluding hydrogens is 266 g/mol. The zero-order valence-electron chi connectivity index (χ0n) is 12.5. The van der Waals surface area contributed by atoms with Crippen LogP contribution in [0.1, 0.15) is 18.1 Å². The normalized spacial score (nSPS) is 16.6. The van der Waals surface area contributed by atoms with Gasteiger partial charge in [0.05, 0.1) is 13.7 Å². The number of benzene rings is 1. The molecule has 5 heteroatoms. The van der Waals surface area contributed by atoms with Crippen molar-refractivity contribution in [1.82, 2.24) is 15.1 Å². The summed E-state index contributed by atoms with van der Waals surface area (Å²) in [4.78, 5) is 0. The number of hydrogen-bond acceptors (Lipinski definition) is 4. The fourth-order valence-corrected chi connectivity index (χ4v) is 2.68. The number of rotatable bonds is 6. The van der Waals surface area contributed by atoms with E-state index in [9.17, 15) is 0 Å². The maximum atomic E-state index is 5.93. The Labute approximate surface area is 124 Å². The van der Waals surface area contributed by atoms with Gasteiger partial charge < -0.3 is 14.8 Å². The molecule has 1 aromatic heterocycles. The zero-order valence-corrected chi connectivity index (χ0v) is 12.5. The van der Waals surface area contributed by atoms with Gasteiger partial charge >= 0.3 is 0 Å². The molecule has 1 aliphatic heterocycles. The molecule has 0 fully saturated rings. The Kier molecular flexibility index (Phi) is 4.10. The number of fused-ring (bicyclic) bond motifs is 1. The van der Waals surface area contributed by atoms with Gasteiger partial charge in [0.25, 0.3) is 0 Å². The van der Waals surface area contributed by atoms with E-state index < -0.39 is 0 Å². The highest BCUT2D eigenvalue weighted by atomic mass is 16.5. The molecule has 0 aliphatic carbocycles. The Bertz CT molecular complexity index is 596. The summed E-state index contributed by atoms with van der Waals surface area (Å²) in [6, 6.07) is 6.06. The van der Waals surface area contributed by atoms with Crippen molar-refractivity contribution < 1.29 is 9.47 Å². The van der Waals surface area contributed by atoms with Crippen LogP contribution in [0.2, 0.25) is 0 Å². The predicted molar refractivity (Wildman–Crippen MR) is 80.7 cm³/mol. The van der Waals surface area contributed by atoms with Crippen LogP contribution in [-0.4, -0.2) is 29.5 Å². The van der Waals surface area contributed by atoms with E-state index in [1.54, 1.807) is 13.3 Å². The van der Waals surface area contributed by atoms with Gasteiger partial charge in [0, 0.05) is 43.0 Å². The fraction of sp³-hybridized carbons (Fsp3) is 0.438. The molecular formula is C16H21N3O2. The highest BCUT2D eigenvalue weighted by Crippen LogP contribution is 2.36. The smallest absolute Gasteiger partial charge is 0.127 e. The minimum absolute atomic E-state index is 0.245. The zero-order chi connectivity index (χ0) is 14.7. The molecule has 112 valence electrons. The Morgan fingerprint density at radius 3 is 3.14 bits per heavy atom. The second kappa shape index (κ2) is 6.18. The van der Waals surface area contributed by atoms with Crippen LogP contribution in [0, 0.1) is 0 Å². The highest BCUT2D eigenvalue weighted by molar-refractivity contribution is 5.49.